The Hall–Kier alpha value is -2.56. The maximum Gasteiger partial charge on any atom is 0.338 e. The summed E-state index contributed by atoms with van der Waals surface area (Å²) in [6.07, 6.45) is -0.471. The molecule has 0 radical (unpaired) electrons. The van der Waals surface area contributed by atoms with Crippen LogP contribution in [0, 0.1) is 5.82 Å². The lowest BCUT2D eigenvalue weighted by Crippen LogP contribution is -2.16. The van der Waals surface area contributed by atoms with Gasteiger partial charge in [-0.15, -0.1) is 0 Å². The highest BCUT2D eigenvalue weighted by Crippen LogP contribution is 2.31. The summed E-state index contributed by atoms with van der Waals surface area (Å²) in [4.78, 5) is 12.2. The van der Waals surface area contributed by atoms with E-state index in [0.29, 0.717) is 30.3 Å². The van der Waals surface area contributed by atoms with Gasteiger partial charge < -0.3 is 14.2 Å². The van der Waals surface area contributed by atoms with Gasteiger partial charge in [-0.2, -0.15) is 0 Å². The zero-order chi connectivity index (χ0) is 15.5. The average Bonchev–Trinajstić information content (AvgIpc) is 2.55. The first-order chi connectivity index (χ1) is 10.6. The summed E-state index contributed by atoms with van der Waals surface area (Å²) >= 11 is 0. The zero-order valence-corrected chi connectivity index (χ0v) is 12.0. The lowest BCUT2D eigenvalue weighted by molar-refractivity contribution is 0.0337. The number of carbonyl (C=O) groups is 1. The van der Waals surface area contributed by atoms with E-state index in [4.69, 9.17) is 14.2 Å². The van der Waals surface area contributed by atoms with Crippen molar-refractivity contribution in [2.24, 2.45) is 0 Å². The number of rotatable bonds is 3. The van der Waals surface area contributed by atoms with Crippen molar-refractivity contribution in [3.8, 4) is 11.5 Å². The van der Waals surface area contributed by atoms with Crippen LogP contribution in [0.3, 0.4) is 0 Å². The molecule has 114 valence electrons. The molecule has 22 heavy (non-hydrogen) atoms. The van der Waals surface area contributed by atoms with Gasteiger partial charge in [-0.05, 0) is 42.8 Å². The second kappa shape index (κ2) is 6.05. The molecule has 0 aliphatic carbocycles. The van der Waals surface area contributed by atoms with E-state index in [-0.39, 0.29) is 5.82 Å². The maximum atomic E-state index is 12.9. The van der Waals surface area contributed by atoms with Crippen molar-refractivity contribution < 1.29 is 23.4 Å². The van der Waals surface area contributed by atoms with Gasteiger partial charge in [0.05, 0.1) is 5.56 Å². The molecule has 0 bridgehead atoms. The van der Waals surface area contributed by atoms with Crippen LogP contribution >= 0.6 is 0 Å². The first-order valence-electron chi connectivity index (χ1n) is 6.99. The molecular formula is C17H15FO4. The van der Waals surface area contributed by atoms with E-state index in [2.05, 4.69) is 0 Å². The summed E-state index contributed by atoms with van der Waals surface area (Å²) in [5.41, 5.74) is 1.12. The Morgan fingerprint density at radius 1 is 1.09 bits per heavy atom. The number of fused-ring (bicyclic) bond motifs is 1. The lowest BCUT2D eigenvalue weighted by atomic mass is 10.1. The summed E-state index contributed by atoms with van der Waals surface area (Å²) in [7, 11) is 0. The molecule has 0 amide bonds. The molecule has 0 spiro atoms. The third kappa shape index (κ3) is 3.03. The van der Waals surface area contributed by atoms with Crippen LogP contribution in [-0.2, 0) is 4.74 Å². The Bertz CT molecular complexity index is 682. The van der Waals surface area contributed by atoms with Gasteiger partial charge in [0.1, 0.15) is 25.1 Å². The highest BCUT2D eigenvalue weighted by molar-refractivity contribution is 5.90. The molecule has 2 aromatic rings. The van der Waals surface area contributed by atoms with Crippen molar-refractivity contribution in [2.45, 2.75) is 13.0 Å². The lowest BCUT2D eigenvalue weighted by Gasteiger charge is -2.19. The molecule has 0 aromatic heterocycles. The van der Waals surface area contributed by atoms with Gasteiger partial charge >= 0.3 is 5.97 Å². The fourth-order valence-corrected chi connectivity index (χ4v) is 2.20. The minimum Gasteiger partial charge on any atom is -0.486 e. The van der Waals surface area contributed by atoms with Gasteiger partial charge in [0.25, 0.3) is 0 Å². The van der Waals surface area contributed by atoms with Gasteiger partial charge in [0.15, 0.2) is 11.5 Å². The van der Waals surface area contributed by atoms with Gasteiger partial charge in [-0.1, -0.05) is 12.1 Å². The molecule has 5 heteroatoms. The third-order valence-corrected chi connectivity index (χ3v) is 3.40. The molecule has 2 aromatic carbocycles. The van der Waals surface area contributed by atoms with Crippen LogP contribution in [0.15, 0.2) is 42.5 Å². The Balaban J connectivity index is 1.72. The van der Waals surface area contributed by atoms with E-state index < -0.39 is 12.1 Å². The van der Waals surface area contributed by atoms with Crippen molar-refractivity contribution in [2.75, 3.05) is 13.2 Å². The van der Waals surface area contributed by atoms with Gasteiger partial charge in [-0.3, -0.25) is 0 Å². The SMILES string of the molecule is C[C@@H](OC(=O)c1ccc2c(c1)OCCO2)c1ccc(F)cc1. The van der Waals surface area contributed by atoms with Crippen LogP contribution in [0.2, 0.25) is 0 Å². The number of hydrogen-bond acceptors (Lipinski definition) is 4. The summed E-state index contributed by atoms with van der Waals surface area (Å²) in [6, 6.07) is 10.8. The highest BCUT2D eigenvalue weighted by Gasteiger charge is 2.18. The van der Waals surface area contributed by atoms with E-state index in [9.17, 15) is 9.18 Å². The largest absolute Gasteiger partial charge is 0.486 e. The number of hydrogen-bond donors (Lipinski definition) is 0. The first-order valence-corrected chi connectivity index (χ1v) is 6.99. The fourth-order valence-electron chi connectivity index (χ4n) is 2.20. The standard InChI is InChI=1S/C17H15FO4/c1-11(12-2-5-14(18)6-3-12)22-17(19)13-4-7-15-16(10-13)21-9-8-20-15/h2-7,10-11H,8-9H2,1H3/t11-/m1/s1. The second-order valence-electron chi connectivity index (χ2n) is 4.96. The molecule has 1 atom stereocenters. The van der Waals surface area contributed by atoms with E-state index in [1.807, 2.05) is 0 Å². The second-order valence-corrected chi connectivity index (χ2v) is 4.96. The maximum absolute atomic E-state index is 12.9. The average molecular weight is 302 g/mol. The van der Waals surface area contributed by atoms with Crippen molar-refractivity contribution in [1.29, 1.82) is 0 Å². The molecule has 0 N–H and O–H groups in total. The molecule has 1 aliphatic heterocycles. The van der Waals surface area contributed by atoms with Crippen LogP contribution in [0.4, 0.5) is 4.39 Å². The molecule has 1 heterocycles. The monoisotopic (exact) mass is 302 g/mol. The fraction of sp³-hybridized carbons (Fsp3) is 0.235. The molecule has 0 fully saturated rings. The van der Waals surface area contributed by atoms with Gasteiger partial charge in [0.2, 0.25) is 0 Å². The minimum absolute atomic E-state index is 0.325. The van der Waals surface area contributed by atoms with Crippen LogP contribution < -0.4 is 9.47 Å². The summed E-state index contributed by atoms with van der Waals surface area (Å²) in [5, 5.41) is 0. The Morgan fingerprint density at radius 3 is 2.50 bits per heavy atom. The smallest absolute Gasteiger partial charge is 0.338 e. The van der Waals surface area contributed by atoms with Crippen molar-refractivity contribution in [3.05, 3.63) is 59.4 Å². The molecule has 4 nitrogen and oxygen atoms in total. The quantitative estimate of drug-likeness (QED) is 0.814. The number of halogens is 1. The summed E-state index contributed by atoms with van der Waals surface area (Å²) in [6.45, 7) is 2.69. The van der Waals surface area contributed by atoms with E-state index >= 15 is 0 Å². The topological polar surface area (TPSA) is 44.8 Å². The normalized spacial score (nSPS) is 14.3. The van der Waals surface area contributed by atoms with E-state index in [1.54, 1.807) is 37.3 Å². The van der Waals surface area contributed by atoms with Crippen molar-refractivity contribution >= 4 is 5.97 Å². The van der Waals surface area contributed by atoms with E-state index in [1.165, 1.54) is 12.1 Å². The molecular weight excluding hydrogens is 287 g/mol. The van der Waals surface area contributed by atoms with Crippen molar-refractivity contribution in [1.82, 2.24) is 0 Å². The predicted octanol–water partition coefficient (Wildman–Crippen LogP) is 3.51. The molecule has 0 saturated carbocycles. The number of carbonyl (C=O) groups excluding carboxylic acids is 1. The van der Waals surface area contributed by atoms with Crippen molar-refractivity contribution in [3.63, 3.8) is 0 Å². The molecule has 0 unspecified atom stereocenters. The van der Waals surface area contributed by atoms with Gasteiger partial charge in [-0.25, -0.2) is 9.18 Å². The summed E-state index contributed by atoms with van der Waals surface area (Å²) in [5.74, 6) is 0.368. The third-order valence-electron chi connectivity index (χ3n) is 3.40. The van der Waals surface area contributed by atoms with Crippen LogP contribution in [-0.4, -0.2) is 19.2 Å². The first kappa shape index (κ1) is 14.4. The zero-order valence-electron chi connectivity index (χ0n) is 12.0. The van der Waals surface area contributed by atoms with Crippen LogP contribution in [0.25, 0.3) is 0 Å². The molecule has 1 aliphatic rings. The Kier molecular flexibility index (Phi) is 3.96. The molecule has 3 rings (SSSR count). The number of ether oxygens (including phenoxy) is 3. The predicted molar refractivity (Wildman–Crippen MR) is 77.7 cm³/mol. The minimum atomic E-state index is -0.471. The Labute approximate surface area is 127 Å². The summed E-state index contributed by atoms with van der Waals surface area (Å²) < 4.78 is 29.1. The van der Waals surface area contributed by atoms with Crippen LogP contribution in [0.5, 0.6) is 11.5 Å². The van der Waals surface area contributed by atoms with Crippen LogP contribution in [0.1, 0.15) is 28.9 Å². The molecule has 0 saturated heterocycles. The highest BCUT2D eigenvalue weighted by atomic mass is 19.1. The van der Waals surface area contributed by atoms with E-state index in [0.717, 1.165) is 5.56 Å². The van der Waals surface area contributed by atoms with Gasteiger partial charge in [0, 0.05) is 0 Å². The number of benzene rings is 2. The number of esters is 1. The Morgan fingerprint density at radius 2 is 1.77 bits per heavy atom.